The standard InChI is InChI=1S/C15H23NO3/c1-4-5-6-16-12-8-7-9-11-10(8)14(16,2)19-15(11,3)18-13(9)17-12/h8-13H,4-7H2,1-3H3/t8-,9+,10-,11+,12-,13-,14+,15-/m1/s1. The third kappa shape index (κ3) is 1.06. The van der Waals surface area contributed by atoms with Gasteiger partial charge in [-0.25, -0.2) is 4.90 Å². The van der Waals surface area contributed by atoms with Gasteiger partial charge in [-0.15, -0.1) is 0 Å². The summed E-state index contributed by atoms with van der Waals surface area (Å²) < 4.78 is 19.0. The molecule has 2 bridgehead atoms. The number of unbranched alkanes of at least 4 members (excludes halogenated alkanes) is 1. The molecule has 0 aromatic carbocycles. The molecule has 4 heteroatoms. The summed E-state index contributed by atoms with van der Waals surface area (Å²) in [5, 5.41) is 0. The molecule has 4 aliphatic heterocycles. The first-order valence-electron chi connectivity index (χ1n) is 7.89. The van der Waals surface area contributed by atoms with Crippen molar-refractivity contribution >= 4 is 0 Å². The van der Waals surface area contributed by atoms with E-state index >= 15 is 0 Å². The van der Waals surface area contributed by atoms with E-state index in [4.69, 9.17) is 14.2 Å². The van der Waals surface area contributed by atoms with Gasteiger partial charge in [-0.05, 0) is 26.7 Å². The summed E-state index contributed by atoms with van der Waals surface area (Å²) in [5.41, 5.74) is -0.163. The van der Waals surface area contributed by atoms with Gasteiger partial charge in [-0.3, -0.25) is 0 Å². The molecule has 5 aliphatic rings. The first-order chi connectivity index (χ1) is 9.08. The Labute approximate surface area is 114 Å². The smallest absolute Gasteiger partial charge is 0.174 e. The van der Waals surface area contributed by atoms with E-state index in [1.165, 1.54) is 19.3 Å². The molecule has 5 rings (SSSR count). The van der Waals surface area contributed by atoms with E-state index in [1.54, 1.807) is 0 Å². The van der Waals surface area contributed by atoms with E-state index in [1.807, 2.05) is 0 Å². The largest absolute Gasteiger partial charge is 0.334 e. The lowest BCUT2D eigenvalue weighted by molar-refractivity contribution is -0.360. The van der Waals surface area contributed by atoms with Crippen molar-refractivity contribution in [3.05, 3.63) is 0 Å². The summed E-state index contributed by atoms with van der Waals surface area (Å²) in [6.07, 6.45) is 3.93. The Morgan fingerprint density at radius 2 is 2.05 bits per heavy atom. The maximum atomic E-state index is 6.52. The number of nitrogens with zero attached hydrogens (tertiary/aromatic N) is 1. The van der Waals surface area contributed by atoms with Gasteiger partial charge in [0.2, 0.25) is 0 Å². The van der Waals surface area contributed by atoms with Crippen molar-refractivity contribution in [1.29, 1.82) is 0 Å². The number of hydrogen-bond donors (Lipinski definition) is 0. The van der Waals surface area contributed by atoms with Crippen molar-refractivity contribution in [2.45, 2.75) is 64.1 Å². The average molecular weight is 265 g/mol. The highest BCUT2D eigenvalue weighted by Gasteiger charge is 2.81. The zero-order valence-electron chi connectivity index (χ0n) is 12.0. The van der Waals surface area contributed by atoms with Gasteiger partial charge in [0.1, 0.15) is 12.0 Å². The summed E-state index contributed by atoms with van der Waals surface area (Å²) >= 11 is 0. The van der Waals surface area contributed by atoms with Crippen molar-refractivity contribution in [3.8, 4) is 0 Å². The lowest BCUT2D eigenvalue weighted by atomic mass is 9.83. The molecule has 5 fully saturated rings. The molecule has 1 aliphatic carbocycles. The van der Waals surface area contributed by atoms with E-state index in [0.717, 1.165) is 6.54 Å². The number of ether oxygens (including phenoxy) is 3. The molecule has 1 saturated carbocycles. The summed E-state index contributed by atoms with van der Waals surface area (Å²) in [5.74, 6) is 1.99. The second kappa shape index (κ2) is 3.19. The van der Waals surface area contributed by atoms with Gasteiger partial charge < -0.3 is 14.2 Å². The van der Waals surface area contributed by atoms with E-state index < -0.39 is 5.79 Å². The molecular weight excluding hydrogens is 242 g/mol. The van der Waals surface area contributed by atoms with Crippen molar-refractivity contribution in [3.63, 3.8) is 0 Å². The van der Waals surface area contributed by atoms with Crippen LogP contribution in [0.2, 0.25) is 0 Å². The molecule has 0 spiro atoms. The fourth-order valence-corrected chi connectivity index (χ4v) is 5.98. The molecular formula is C15H23NO3. The first-order valence-corrected chi connectivity index (χ1v) is 7.89. The van der Waals surface area contributed by atoms with Crippen LogP contribution in [0.1, 0.15) is 40.0 Å². The molecule has 8 atom stereocenters. The Bertz CT molecular complexity index is 443. The molecule has 0 radical (unpaired) electrons. The molecule has 0 aromatic rings. The van der Waals surface area contributed by atoms with Crippen LogP contribution in [0.5, 0.6) is 0 Å². The minimum atomic E-state index is -0.403. The predicted octanol–water partition coefficient (Wildman–Crippen LogP) is 2.15. The number of likely N-dealkylation sites (tertiary alicyclic amines) is 1. The maximum absolute atomic E-state index is 6.52. The molecule has 0 N–H and O–H groups in total. The molecule has 4 saturated heterocycles. The normalized spacial score (nSPS) is 64.6. The molecule has 106 valence electrons. The van der Waals surface area contributed by atoms with Crippen LogP contribution in [0.3, 0.4) is 0 Å². The predicted molar refractivity (Wildman–Crippen MR) is 67.8 cm³/mol. The second-order valence-corrected chi connectivity index (χ2v) is 7.35. The quantitative estimate of drug-likeness (QED) is 0.782. The average Bonchev–Trinajstić information content (AvgIpc) is 2.95. The van der Waals surface area contributed by atoms with Crippen LogP contribution in [0.15, 0.2) is 0 Å². The van der Waals surface area contributed by atoms with Crippen molar-refractivity contribution in [2.75, 3.05) is 6.54 Å². The Morgan fingerprint density at radius 1 is 1.21 bits per heavy atom. The third-order valence-corrected chi connectivity index (χ3v) is 6.46. The highest BCUT2D eigenvalue weighted by Crippen LogP contribution is 2.72. The van der Waals surface area contributed by atoms with Crippen LogP contribution in [0.4, 0.5) is 0 Å². The molecule has 0 unspecified atom stereocenters. The Kier molecular flexibility index (Phi) is 1.93. The van der Waals surface area contributed by atoms with Gasteiger partial charge in [0.25, 0.3) is 0 Å². The monoisotopic (exact) mass is 265 g/mol. The molecule has 4 nitrogen and oxygen atoms in total. The van der Waals surface area contributed by atoms with Crippen molar-refractivity contribution < 1.29 is 14.2 Å². The van der Waals surface area contributed by atoms with Crippen LogP contribution in [-0.4, -0.2) is 35.5 Å². The second-order valence-electron chi connectivity index (χ2n) is 7.35. The van der Waals surface area contributed by atoms with Crippen LogP contribution in [-0.2, 0) is 14.2 Å². The summed E-state index contributed by atoms with van der Waals surface area (Å²) in [7, 11) is 0. The minimum Gasteiger partial charge on any atom is -0.334 e. The van der Waals surface area contributed by atoms with E-state index in [0.29, 0.717) is 23.7 Å². The van der Waals surface area contributed by atoms with Gasteiger partial charge >= 0.3 is 0 Å². The fraction of sp³-hybridized carbons (Fsp3) is 1.00. The molecule has 4 heterocycles. The van der Waals surface area contributed by atoms with Crippen molar-refractivity contribution in [1.82, 2.24) is 4.90 Å². The maximum Gasteiger partial charge on any atom is 0.174 e. The third-order valence-electron chi connectivity index (χ3n) is 6.46. The Morgan fingerprint density at radius 3 is 2.84 bits per heavy atom. The molecule has 0 aromatic heterocycles. The minimum absolute atomic E-state index is 0.0183. The van der Waals surface area contributed by atoms with Gasteiger partial charge in [0.15, 0.2) is 12.1 Å². The summed E-state index contributed by atoms with van der Waals surface area (Å²) in [4.78, 5) is 2.51. The summed E-state index contributed by atoms with van der Waals surface area (Å²) in [6.45, 7) is 7.75. The fourth-order valence-electron chi connectivity index (χ4n) is 5.98. The van der Waals surface area contributed by atoms with Gasteiger partial charge in [-0.1, -0.05) is 13.3 Å². The van der Waals surface area contributed by atoms with Gasteiger partial charge in [-0.2, -0.15) is 0 Å². The zero-order chi connectivity index (χ0) is 13.0. The van der Waals surface area contributed by atoms with Gasteiger partial charge in [0, 0.05) is 30.2 Å². The lowest BCUT2D eigenvalue weighted by Crippen LogP contribution is -2.55. The highest BCUT2D eigenvalue weighted by molar-refractivity contribution is 5.20. The molecule has 19 heavy (non-hydrogen) atoms. The van der Waals surface area contributed by atoms with E-state index in [-0.39, 0.29) is 18.2 Å². The van der Waals surface area contributed by atoms with E-state index in [2.05, 4.69) is 25.7 Å². The highest BCUT2D eigenvalue weighted by atomic mass is 16.8. The summed E-state index contributed by atoms with van der Waals surface area (Å²) in [6, 6.07) is 0. The van der Waals surface area contributed by atoms with Crippen LogP contribution in [0.25, 0.3) is 0 Å². The molecule has 0 amide bonds. The lowest BCUT2D eigenvalue weighted by Gasteiger charge is -2.44. The Hall–Kier alpha value is -0.160. The topological polar surface area (TPSA) is 30.9 Å². The van der Waals surface area contributed by atoms with Crippen LogP contribution >= 0.6 is 0 Å². The number of hydrogen-bond acceptors (Lipinski definition) is 4. The van der Waals surface area contributed by atoms with E-state index in [9.17, 15) is 0 Å². The van der Waals surface area contributed by atoms with Crippen LogP contribution in [0, 0.1) is 23.7 Å². The Balaban J connectivity index is 1.61. The first kappa shape index (κ1) is 11.5. The number of rotatable bonds is 3. The zero-order valence-corrected chi connectivity index (χ0v) is 12.0. The van der Waals surface area contributed by atoms with Crippen LogP contribution < -0.4 is 0 Å². The van der Waals surface area contributed by atoms with Crippen molar-refractivity contribution in [2.24, 2.45) is 23.7 Å². The SMILES string of the molecule is CCCCN1[C@@H]2O[C@@H]3O[C@]4(C)O[C@@]1(C)[C@@H]1[C@H]2C[C@H]3[C@@H]14. The van der Waals surface area contributed by atoms with Gasteiger partial charge in [0.05, 0.1) is 0 Å².